The second kappa shape index (κ2) is 7.42. The van der Waals surface area contributed by atoms with Crippen LogP contribution < -0.4 is 10.6 Å². The minimum Gasteiger partial charge on any atom is -0.465 e. The topological polar surface area (TPSA) is 107 Å². The lowest BCUT2D eigenvalue weighted by molar-refractivity contribution is -0.139. The number of aryl methyl sites for hydroxylation is 2. The Morgan fingerprint density at radius 2 is 1.80 bits per heavy atom. The van der Waals surface area contributed by atoms with Gasteiger partial charge in [-0.25, -0.2) is 14.4 Å². The molecule has 8 heteroatoms. The van der Waals surface area contributed by atoms with Gasteiger partial charge in [0.05, 0.1) is 23.9 Å². The normalized spacial score (nSPS) is 17.0. The van der Waals surface area contributed by atoms with E-state index >= 15 is 0 Å². The van der Waals surface area contributed by atoms with Crippen molar-refractivity contribution in [2.24, 2.45) is 0 Å². The number of esters is 2. The smallest absolute Gasteiger partial charge is 0.342 e. The van der Waals surface area contributed by atoms with Gasteiger partial charge >= 0.3 is 18.0 Å². The van der Waals surface area contributed by atoms with Crippen molar-refractivity contribution in [2.45, 2.75) is 40.7 Å². The summed E-state index contributed by atoms with van der Waals surface area (Å²) in [5, 5.41) is 5.08. The predicted molar refractivity (Wildman–Crippen MR) is 88.0 cm³/mol. The summed E-state index contributed by atoms with van der Waals surface area (Å²) < 4.78 is 15.7. The van der Waals surface area contributed by atoms with Crippen LogP contribution in [0.5, 0.6) is 0 Å². The third-order valence-electron chi connectivity index (χ3n) is 3.98. The van der Waals surface area contributed by atoms with E-state index in [0.717, 1.165) is 0 Å². The Morgan fingerprint density at radius 3 is 2.36 bits per heavy atom. The fourth-order valence-corrected chi connectivity index (χ4v) is 2.70. The first-order valence-corrected chi connectivity index (χ1v) is 7.97. The molecule has 2 amide bonds. The van der Waals surface area contributed by atoms with E-state index in [4.69, 9.17) is 13.9 Å². The minimum absolute atomic E-state index is 0.197. The van der Waals surface area contributed by atoms with E-state index < -0.39 is 24.0 Å². The zero-order chi connectivity index (χ0) is 18.7. The molecule has 1 aromatic rings. The lowest BCUT2D eigenvalue weighted by Crippen LogP contribution is -2.50. The van der Waals surface area contributed by atoms with E-state index in [1.807, 2.05) is 0 Å². The number of urea groups is 1. The quantitative estimate of drug-likeness (QED) is 0.785. The zero-order valence-electron chi connectivity index (χ0n) is 14.9. The highest BCUT2D eigenvalue weighted by Gasteiger charge is 2.30. The molecule has 0 aromatic carbocycles. The average Bonchev–Trinajstić information content (AvgIpc) is 2.77. The van der Waals surface area contributed by atoms with E-state index in [1.165, 1.54) is 0 Å². The highest BCUT2D eigenvalue weighted by Crippen LogP contribution is 2.22. The molecule has 2 N–H and O–H groups in total. The van der Waals surface area contributed by atoms with Gasteiger partial charge in [0.2, 0.25) is 0 Å². The Labute approximate surface area is 145 Å². The van der Waals surface area contributed by atoms with Crippen LogP contribution in [0.15, 0.2) is 15.7 Å². The molecule has 2 rings (SSSR count). The first-order chi connectivity index (χ1) is 11.8. The van der Waals surface area contributed by atoms with Crippen molar-refractivity contribution >= 4 is 18.0 Å². The van der Waals surface area contributed by atoms with E-state index in [-0.39, 0.29) is 24.5 Å². The summed E-state index contributed by atoms with van der Waals surface area (Å²) >= 11 is 0. The minimum atomic E-state index is -0.581. The summed E-state index contributed by atoms with van der Waals surface area (Å²) in [4.78, 5) is 36.2. The molecular formula is C17H22N2O6. The summed E-state index contributed by atoms with van der Waals surface area (Å²) in [5.41, 5.74) is 1.48. The number of carbonyl (C=O) groups excluding carboxylic acids is 3. The van der Waals surface area contributed by atoms with Crippen LogP contribution in [0.2, 0.25) is 0 Å². The highest BCUT2D eigenvalue weighted by molar-refractivity contribution is 5.95. The molecule has 0 aliphatic carbocycles. The molecule has 0 saturated heterocycles. The van der Waals surface area contributed by atoms with Crippen molar-refractivity contribution < 1.29 is 28.3 Å². The SMILES string of the molecule is CCOC(=O)C1=C(COC(=O)c2c(C)oc(C)c2C)NC(=O)N[C@H]1C. The monoisotopic (exact) mass is 350 g/mol. The largest absolute Gasteiger partial charge is 0.465 e. The van der Waals surface area contributed by atoms with Crippen molar-refractivity contribution in [3.63, 3.8) is 0 Å². The van der Waals surface area contributed by atoms with Crippen molar-refractivity contribution in [2.75, 3.05) is 13.2 Å². The van der Waals surface area contributed by atoms with E-state index in [1.54, 1.807) is 34.6 Å². The van der Waals surface area contributed by atoms with Gasteiger partial charge in [-0.3, -0.25) is 0 Å². The summed E-state index contributed by atoms with van der Waals surface area (Å²) in [7, 11) is 0. The summed E-state index contributed by atoms with van der Waals surface area (Å²) in [5.74, 6) is -0.0509. The maximum atomic E-state index is 12.4. The summed E-state index contributed by atoms with van der Waals surface area (Å²) in [6.07, 6.45) is 0. The van der Waals surface area contributed by atoms with Gasteiger partial charge in [0, 0.05) is 5.56 Å². The van der Waals surface area contributed by atoms with Crippen LogP contribution in [0.3, 0.4) is 0 Å². The molecule has 136 valence electrons. The van der Waals surface area contributed by atoms with Gasteiger partial charge in [0.1, 0.15) is 23.7 Å². The van der Waals surface area contributed by atoms with Gasteiger partial charge in [-0.15, -0.1) is 0 Å². The predicted octanol–water partition coefficient (Wildman–Crippen LogP) is 1.88. The van der Waals surface area contributed by atoms with E-state index in [9.17, 15) is 14.4 Å². The Bertz CT molecular complexity index is 747. The number of carbonyl (C=O) groups is 3. The first kappa shape index (κ1) is 18.6. The Kier molecular flexibility index (Phi) is 5.51. The third-order valence-corrected chi connectivity index (χ3v) is 3.98. The third kappa shape index (κ3) is 3.84. The molecule has 0 radical (unpaired) electrons. The van der Waals surface area contributed by atoms with Crippen molar-refractivity contribution in [1.82, 2.24) is 10.6 Å². The van der Waals surface area contributed by atoms with Crippen molar-refractivity contribution in [3.05, 3.63) is 33.9 Å². The lowest BCUT2D eigenvalue weighted by Gasteiger charge is -2.26. The van der Waals surface area contributed by atoms with Crippen LogP contribution in [-0.4, -0.2) is 37.2 Å². The number of amides is 2. The Balaban J connectivity index is 2.22. The first-order valence-electron chi connectivity index (χ1n) is 7.97. The van der Waals surface area contributed by atoms with Crippen LogP contribution in [0.4, 0.5) is 4.79 Å². The maximum Gasteiger partial charge on any atom is 0.342 e. The van der Waals surface area contributed by atoms with Crippen molar-refractivity contribution in [1.29, 1.82) is 0 Å². The van der Waals surface area contributed by atoms with Gasteiger partial charge in [0.25, 0.3) is 0 Å². The fourth-order valence-electron chi connectivity index (χ4n) is 2.70. The molecule has 25 heavy (non-hydrogen) atoms. The average molecular weight is 350 g/mol. The molecule has 0 bridgehead atoms. The van der Waals surface area contributed by atoms with Crippen LogP contribution in [-0.2, 0) is 14.3 Å². The number of nitrogens with one attached hydrogen (secondary N) is 2. The fraction of sp³-hybridized carbons (Fsp3) is 0.471. The van der Waals surface area contributed by atoms with Gasteiger partial charge in [-0.2, -0.15) is 0 Å². The van der Waals surface area contributed by atoms with Crippen LogP contribution >= 0.6 is 0 Å². The van der Waals surface area contributed by atoms with Gasteiger partial charge in [-0.1, -0.05) is 0 Å². The number of hydrogen-bond donors (Lipinski definition) is 2. The Morgan fingerprint density at radius 1 is 1.12 bits per heavy atom. The molecular weight excluding hydrogens is 328 g/mol. The standard InChI is InChI=1S/C17H22N2O6/c1-6-23-16(21)14-9(3)18-17(22)19-12(14)7-24-15(20)13-8(2)10(4)25-11(13)5/h9H,6-7H2,1-5H3,(H2,18,19,22)/t9-/m0/s1. The van der Waals surface area contributed by atoms with Crippen molar-refractivity contribution in [3.8, 4) is 0 Å². The molecule has 1 atom stereocenters. The van der Waals surface area contributed by atoms with Gasteiger partial charge in [0.15, 0.2) is 0 Å². The molecule has 1 aliphatic heterocycles. The van der Waals surface area contributed by atoms with Crippen LogP contribution in [0, 0.1) is 20.8 Å². The molecule has 0 fully saturated rings. The van der Waals surface area contributed by atoms with Gasteiger partial charge < -0.3 is 24.5 Å². The number of hydrogen-bond acceptors (Lipinski definition) is 6. The highest BCUT2D eigenvalue weighted by atomic mass is 16.5. The summed E-state index contributed by atoms with van der Waals surface area (Å²) in [6.45, 7) is 8.48. The van der Waals surface area contributed by atoms with Crippen LogP contribution in [0.1, 0.15) is 41.3 Å². The van der Waals surface area contributed by atoms with Gasteiger partial charge in [-0.05, 0) is 34.6 Å². The molecule has 1 aromatic heterocycles. The second-order valence-corrected chi connectivity index (χ2v) is 5.72. The molecule has 0 spiro atoms. The molecule has 8 nitrogen and oxygen atoms in total. The second-order valence-electron chi connectivity index (χ2n) is 5.72. The Hall–Kier alpha value is -2.77. The van der Waals surface area contributed by atoms with E-state index in [2.05, 4.69) is 10.6 Å². The maximum absolute atomic E-state index is 12.4. The number of furan rings is 1. The van der Waals surface area contributed by atoms with E-state index in [0.29, 0.717) is 22.6 Å². The number of ether oxygens (including phenoxy) is 2. The molecule has 1 aliphatic rings. The summed E-state index contributed by atoms with van der Waals surface area (Å²) in [6, 6.07) is -1.03. The lowest BCUT2D eigenvalue weighted by atomic mass is 10.0. The van der Waals surface area contributed by atoms with Crippen LogP contribution in [0.25, 0.3) is 0 Å². The molecule has 0 saturated carbocycles. The number of rotatable bonds is 5. The molecule has 2 heterocycles. The zero-order valence-corrected chi connectivity index (χ0v) is 14.9. The molecule has 0 unspecified atom stereocenters.